The maximum atomic E-state index is 11.4. The van der Waals surface area contributed by atoms with Crippen molar-refractivity contribution in [3.63, 3.8) is 0 Å². The van der Waals surface area contributed by atoms with Gasteiger partial charge in [0.2, 0.25) is 0 Å². The number of hydrogen-bond donors (Lipinski definition) is 1. The van der Waals surface area contributed by atoms with Crippen LogP contribution in [0.1, 0.15) is 45.1 Å². The van der Waals surface area contributed by atoms with Gasteiger partial charge in [0.15, 0.2) is 0 Å². The number of carbonyl (C=O) groups is 1. The van der Waals surface area contributed by atoms with E-state index in [0.29, 0.717) is 19.1 Å². The van der Waals surface area contributed by atoms with E-state index in [-0.39, 0.29) is 12.1 Å². The monoisotopic (exact) mass is 332 g/mol. The van der Waals surface area contributed by atoms with E-state index < -0.39 is 0 Å². The van der Waals surface area contributed by atoms with E-state index in [1.54, 1.807) is 6.92 Å². The van der Waals surface area contributed by atoms with Gasteiger partial charge in [-0.05, 0) is 62.3 Å². The third-order valence-corrected chi connectivity index (χ3v) is 4.41. The summed E-state index contributed by atoms with van der Waals surface area (Å²) in [6, 6.07) is 8.01. The zero-order chi connectivity index (χ0) is 17.4. The molecule has 0 aromatic heterocycles. The fourth-order valence-electron chi connectivity index (χ4n) is 3.07. The summed E-state index contributed by atoms with van der Waals surface area (Å²) in [5, 5.41) is 10.1. The van der Waals surface area contributed by atoms with Crippen LogP contribution in [-0.2, 0) is 16.0 Å². The molecule has 1 aromatic carbocycles. The highest BCUT2D eigenvalue weighted by atomic mass is 16.5. The molecule has 24 heavy (non-hydrogen) atoms. The quantitative estimate of drug-likeness (QED) is 0.611. The minimum absolute atomic E-state index is 0.162. The van der Waals surface area contributed by atoms with E-state index in [9.17, 15) is 9.90 Å². The summed E-state index contributed by atoms with van der Waals surface area (Å²) < 4.78 is 10.6. The summed E-state index contributed by atoms with van der Waals surface area (Å²) in [6.07, 6.45) is 6.61. The first-order valence-electron chi connectivity index (χ1n) is 8.82. The molecule has 1 aliphatic rings. The molecular formula is C20H28O4. The molecule has 0 amide bonds. The molecule has 2 rings (SSSR count). The van der Waals surface area contributed by atoms with Crippen molar-refractivity contribution in [2.45, 2.75) is 52.1 Å². The Bertz CT molecular complexity index is 547. The van der Waals surface area contributed by atoms with Crippen LogP contribution in [-0.4, -0.2) is 30.4 Å². The Balaban J connectivity index is 1.82. The number of carbonyl (C=O) groups excluding carboxylic acids is 1. The SMILES string of the molecule is CCOC(=O)/C=C(\C)COc1ccc(C[C@@H]2CCCC[C@H]2O)cc1. The third kappa shape index (κ3) is 6.00. The van der Waals surface area contributed by atoms with Crippen LogP contribution in [0, 0.1) is 5.92 Å². The van der Waals surface area contributed by atoms with Crippen LogP contribution in [0.3, 0.4) is 0 Å². The summed E-state index contributed by atoms with van der Waals surface area (Å²) in [4.78, 5) is 11.4. The van der Waals surface area contributed by atoms with Crippen molar-refractivity contribution in [3.05, 3.63) is 41.5 Å². The zero-order valence-corrected chi connectivity index (χ0v) is 14.7. The van der Waals surface area contributed by atoms with Crippen LogP contribution in [0.5, 0.6) is 5.75 Å². The number of rotatable bonds is 7. The molecule has 0 heterocycles. The van der Waals surface area contributed by atoms with Gasteiger partial charge in [-0.2, -0.15) is 0 Å². The number of ether oxygens (including phenoxy) is 2. The number of aliphatic hydroxyl groups is 1. The number of benzene rings is 1. The summed E-state index contributed by atoms with van der Waals surface area (Å²) in [7, 11) is 0. The molecule has 2 atom stereocenters. The van der Waals surface area contributed by atoms with Gasteiger partial charge in [-0.3, -0.25) is 0 Å². The Morgan fingerprint density at radius 1 is 1.25 bits per heavy atom. The average molecular weight is 332 g/mol. The van der Waals surface area contributed by atoms with Crippen LogP contribution in [0.25, 0.3) is 0 Å². The van der Waals surface area contributed by atoms with Crippen molar-refractivity contribution in [1.29, 1.82) is 0 Å². The van der Waals surface area contributed by atoms with Crippen molar-refractivity contribution in [1.82, 2.24) is 0 Å². The predicted octanol–water partition coefficient (Wildman–Crippen LogP) is 3.67. The summed E-state index contributed by atoms with van der Waals surface area (Å²) in [6.45, 7) is 4.36. The van der Waals surface area contributed by atoms with Gasteiger partial charge in [-0.1, -0.05) is 25.0 Å². The van der Waals surface area contributed by atoms with E-state index in [1.165, 1.54) is 18.1 Å². The Morgan fingerprint density at radius 2 is 1.96 bits per heavy atom. The van der Waals surface area contributed by atoms with Crippen LogP contribution in [0.4, 0.5) is 0 Å². The molecule has 0 bridgehead atoms. The fraction of sp³-hybridized carbons (Fsp3) is 0.550. The smallest absolute Gasteiger partial charge is 0.330 e. The number of esters is 1. The van der Waals surface area contributed by atoms with E-state index in [4.69, 9.17) is 9.47 Å². The highest BCUT2D eigenvalue weighted by Crippen LogP contribution is 2.28. The van der Waals surface area contributed by atoms with Gasteiger partial charge in [-0.25, -0.2) is 4.79 Å². The van der Waals surface area contributed by atoms with Gasteiger partial charge >= 0.3 is 5.97 Å². The number of aliphatic hydroxyl groups excluding tert-OH is 1. The van der Waals surface area contributed by atoms with Crippen molar-refractivity contribution < 1.29 is 19.4 Å². The van der Waals surface area contributed by atoms with Gasteiger partial charge in [0, 0.05) is 6.08 Å². The lowest BCUT2D eigenvalue weighted by molar-refractivity contribution is -0.137. The molecule has 4 heteroatoms. The van der Waals surface area contributed by atoms with Gasteiger partial charge in [-0.15, -0.1) is 0 Å². The summed E-state index contributed by atoms with van der Waals surface area (Å²) >= 11 is 0. The molecule has 1 fully saturated rings. The van der Waals surface area contributed by atoms with Gasteiger partial charge in [0.1, 0.15) is 12.4 Å². The molecule has 1 saturated carbocycles. The lowest BCUT2D eigenvalue weighted by atomic mass is 9.82. The molecule has 132 valence electrons. The van der Waals surface area contributed by atoms with Gasteiger partial charge in [0.25, 0.3) is 0 Å². The second-order valence-electron chi connectivity index (χ2n) is 6.49. The molecule has 4 nitrogen and oxygen atoms in total. The first kappa shape index (κ1) is 18.5. The molecule has 0 spiro atoms. The van der Waals surface area contributed by atoms with Crippen LogP contribution in [0.15, 0.2) is 35.9 Å². The largest absolute Gasteiger partial charge is 0.489 e. The fourth-order valence-corrected chi connectivity index (χ4v) is 3.07. The highest BCUT2D eigenvalue weighted by molar-refractivity contribution is 5.82. The Kier molecular flexibility index (Phi) is 7.32. The van der Waals surface area contributed by atoms with Crippen molar-refractivity contribution >= 4 is 5.97 Å². The molecular weight excluding hydrogens is 304 g/mol. The molecule has 1 aromatic rings. The van der Waals surface area contributed by atoms with E-state index in [2.05, 4.69) is 12.1 Å². The van der Waals surface area contributed by atoms with E-state index in [0.717, 1.165) is 37.0 Å². The second kappa shape index (κ2) is 9.48. The third-order valence-electron chi connectivity index (χ3n) is 4.41. The lowest BCUT2D eigenvalue weighted by Gasteiger charge is -2.27. The van der Waals surface area contributed by atoms with Gasteiger partial charge in [0.05, 0.1) is 12.7 Å². The van der Waals surface area contributed by atoms with Crippen LogP contribution >= 0.6 is 0 Å². The van der Waals surface area contributed by atoms with Crippen LogP contribution < -0.4 is 4.74 Å². The van der Waals surface area contributed by atoms with Crippen molar-refractivity contribution in [2.75, 3.05) is 13.2 Å². The second-order valence-corrected chi connectivity index (χ2v) is 6.49. The Morgan fingerprint density at radius 3 is 2.62 bits per heavy atom. The van der Waals surface area contributed by atoms with Crippen molar-refractivity contribution in [2.24, 2.45) is 5.92 Å². The predicted molar refractivity (Wildman–Crippen MR) is 94.0 cm³/mol. The summed E-state index contributed by atoms with van der Waals surface area (Å²) in [5.41, 5.74) is 2.05. The Hall–Kier alpha value is -1.81. The van der Waals surface area contributed by atoms with Crippen molar-refractivity contribution in [3.8, 4) is 5.75 Å². The van der Waals surface area contributed by atoms with Crippen LogP contribution in [0.2, 0.25) is 0 Å². The lowest BCUT2D eigenvalue weighted by Crippen LogP contribution is -2.26. The molecule has 0 radical (unpaired) electrons. The van der Waals surface area contributed by atoms with Gasteiger partial charge < -0.3 is 14.6 Å². The Labute approximate surface area is 144 Å². The molecule has 0 saturated heterocycles. The first-order chi connectivity index (χ1) is 11.6. The number of hydrogen-bond acceptors (Lipinski definition) is 4. The maximum absolute atomic E-state index is 11.4. The minimum Gasteiger partial charge on any atom is -0.489 e. The minimum atomic E-state index is -0.333. The standard InChI is InChI=1S/C20H28O4/c1-3-23-20(22)12-15(2)14-24-18-10-8-16(9-11-18)13-17-6-4-5-7-19(17)21/h8-12,17,19,21H,3-7,13-14H2,1-2H3/b15-12+/t17-,19+/m0/s1. The zero-order valence-electron chi connectivity index (χ0n) is 14.7. The van der Waals surface area contributed by atoms with E-state index in [1.807, 2.05) is 19.1 Å². The molecule has 1 aliphatic carbocycles. The molecule has 0 unspecified atom stereocenters. The normalized spacial score (nSPS) is 21.4. The molecule has 0 aliphatic heterocycles. The van der Waals surface area contributed by atoms with E-state index >= 15 is 0 Å². The topological polar surface area (TPSA) is 55.8 Å². The molecule has 1 N–H and O–H groups in total. The summed E-state index contributed by atoms with van der Waals surface area (Å²) in [5.74, 6) is 0.819. The first-order valence-corrected chi connectivity index (χ1v) is 8.82. The average Bonchev–Trinajstić information content (AvgIpc) is 2.56. The highest BCUT2D eigenvalue weighted by Gasteiger charge is 2.22. The maximum Gasteiger partial charge on any atom is 0.330 e.